The first-order chi connectivity index (χ1) is 23.2. The third kappa shape index (κ3) is 6.45. The zero-order valence-corrected chi connectivity index (χ0v) is 31.0. The SMILES string of the molecule is COc1nc(-c2cccc(-c3cccc(Nc4nc(C)cc5c4c(=O)n(C)c(=O)n5C)c3Cl)c2Cl)cc2c1[C@@H](N[C@H]1[CH-]COCC1)CC2.[Mo]. The number of halogens is 2. The fourth-order valence-electron chi connectivity index (χ4n) is 6.78. The van der Waals surface area contributed by atoms with Gasteiger partial charge in [0.05, 0.1) is 34.1 Å². The molecule has 3 aromatic heterocycles. The van der Waals surface area contributed by atoms with Crippen LogP contribution >= 0.6 is 23.2 Å². The van der Waals surface area contributed by atoms with Crippen molar-refractivity contribution in [1.29, 1.82) is 0 Å². The maximum Gasteiger partial charge on any atom is 0.330 e. The van der Waals surface area contributed by atoms with Crippen LogP contribution in [0.4, 0.5) is 11.5 Å². The quantitative estimate of drug-likeness (QED) is 0.146. The summed E-state index contributed by atoms with van der Waals surface area (Å²) in [6, 6.07) is 15.6. The molecule has 2 aliphatic rings. The Balaban J connectivity index is 0.00000417. The molecule has 2 aromatic carbocycles. The average molecular weight is 783 g/mol. The molecule has 1 aliphatic heterocycles. The summed E-state index contributed by atoms with van der Waals surface area (Å²) in [6.45, 7) is 3.21. The molecule has 4 heterocycles. The smallest absolute Gasteiger partial charge is 0.330 e. The van der Waals surface area contributed by atoms with Crippen LogP contribution in [0.25, 0.3) is 33.3 Å². The summed E-state index contributed by atoms with van der Waals surface area (Å²) in [5, 5.41) is 8.21. The molecule has 7 rings (SSSR count). The average Bonchev–Trinajstić information content (AvgIpc) is 3.49. The minimum atomic E-state index is -0.451. The van der Waals surface area contributed by atoms with Crippen molar-refractivity contribution in [3.8, 4) is 28.3 Å². The molecule has 0 saturated carbocycles. The largest absolute Gasteiger partial charge is 0.481 e. The van der Waals surface area contributed by atoms with Crippen LogP contribution in [0.5, 0.6) is 5.88 Å². The Labute approximate surface area is 308 Å². The van der Waals surface area contributed by atoms with Gasteiger partial charge in [-0.2, -0.15) is 0 Å². The summed E-state index contributed by atoms with van der Waals surface area (Å²) < 4.78 is 13.8. The van der Waals surface area contributed by atoms with Crippen molar-refractivity contribution in [1.82, 2.24) is 24.4 Å². The van der Waals surface area contributed by atoms with Gasteiger partial charge in [-0.05, 0) is 49.9 Å². The first-order valence-electron chi connectivity index (χ1n) is 15.8. The van der Waals surface area contributed by atoms with E-state index < -0.39 is 11.2 Å². The molecular formula is C36H35Cl2MoN6O4-. The maximum atomic E-state index is 13.2. The molecule has 10 nitrogen and oxygen atoms in total. The Morgan fingerprint density at radius 2 is 1.71 bits per heavy atom. The normalized spacial score (nSPS) is 17.1. The monoisotopic (exact) mass is 783 g/mol. The topological polar surface area (TPSA) is 112 Å². The van der Waals surface area contributed by atoms with Gasteiger partial charge in [0.1, 0.15) is 11.2 Å². The molecule has 0 radical (unpaired) electrons. The third-order valence-corrected chi connectivity index (χ3v) is 10.1. The Kier molecular flexibility index (Phi) is 10.4. The Hall–Kier alpha value is -3.53. The van der Waals surface area contributed by atoms with Crippen LogP contribution in [0.3, 0.4) is 0 Å². The second-order valence-electron chi connectivity index (χ2n) is 12.2. The number of rotatable bonds is 7. The van der Waals surface area contributed by atoms with Gasteiger partial charge in [-0.1, -0.05) is 60.1 Å². The number of anilines is 2. The van der Waals surface area contributed by atoms with E-state index in [2.05, 4.69) is 28.1 Å². The minimum Gasteiger partial charge on any atom is -0.481 e. The second kappa shape index (κ2) is 14.4. The van der Waals surface area contributed by atoms with E-state index in [0.29, 0.717) is 56.9 Å². The number of fused-ring (bicyclic) bond motifs is 2. The zero-order valence-electron chi connectivity index (χ0n) is 27.5. The van der Waals surface area contributed by atoms with Gasteiger partial charge in [-0.25, -0.2) is 14.8 Å². The number of nitrogens with one attached hydrogen (secondary N) is 2. The fourth-order valence-corrected chi connectivity index (χ4v) is 7.38. The predicted molar refractivity (Wildman–Crippen MR) is 190 cm³/mol. The van der Waals surface area contributed by atoms with E-state index in [1.54, 1.807) is 33.2 Å². The van der Waals surface area contributed by atoms with Gasteiger partial charge in [-0.3, -0.25) is 20.3 Å². The first-order valence-corrected chi connectivity index (χ1v) is 16.6. The van der Waals surface area contributed by atoms with Crippen molar-refractivity contribution >= 4 is 45.6 Å². The van der Waals surface area contributed by atoms with Gasteiger partial charge < -0.3 is 20.1 Å². The molecule has 2 N–H and O–H groups in total. The molecule has 1 saturated heterocycles. The van der Waals surface area contributed by atoms with Crippen LogP contribution in [-0.4, -0.2) is 45.5 Å². The maximum absolute atomic E-state index is 13.2. The second-order valence-corrected chi connectivity index (χ2v) is 13.0. The van der Waals surface area contributed by atoms with Crippen LogP contribution in [0, 0.1) is 13.3 Å². The van der Waals surface area contributed by atoms with Crippen LogP contribution in [0.1, 0.15) is 35.7 Å². The van der Waals surface area contributed by atoms with Crippen LogP contribution < -0.4 is 26.6 Å². The molecule has 254 valence electrons. The summed E-state index contributed by atoms with van der Waals surface area (Å²) in [7, 11) is 4.73. The molecule has 1 aliphatic carbocycles. The van der Waals surface area contributed by atoms with E-state index in [9.17, 15) is 9.59 Å². The molecule has 49 heavy (non-hydrogen) atoms. The summed E-state index contributed by atoms with van der Waals surface area (Å²) in [5.41, 5.74) is 5.95. The number of hydrogen-bond donors (Lipinski definition) is 2. The van der Waals surface area contributed by atoms with Gasteiger partial charge in [0, 0.05) is 75.8 Å². The summed E-state index contributed by atoms with van der Waals surface area (Å²) >= 11 is 14.2. The Morgan fingerprint density at radius 1 is 0.980 bits per heavy atom. The Bertz CT molecular complexity index is 2200. The van der Waals surface area contributed by atoms with E-state index in [1.807, 2.05) is 30.3 Å². The van der Waals surface area contributed by atoms with Crippen molar-refractivity contribution < 1.29 is 30.5 Å². The van der Waals surface area contributed by atoms with Crippen LogP contribution in [-0.2, 0) is 46.3 Å². The van der Waals surface area contributed by atoms with E-state index in [-0.39, 0.29) is 32.5 Å². The number of ether oxygens (including phenoxy) is 2. The third-order valence-electron chi connectivity index (χ3n) is 9.24. The molecule has 5 aromatic rings. The molecule has 0 bridgehead atoms. The molecule has 0 unspecified atom stereocenters. The van der Waals surface area contributed by atoms with Crippen molar-refractivity contribution in [3.63, 3.8) is 0 Å². The number of nitrogens with zero attached hydrogens (tertiary/aromatic N) is 4. The van der Waals surface area contributed by atoms with E-state index in [4.69, 9.17) is 37.7 Å². The van der Waals surface area contributed by atoms with Crippen LogP contribution in [0.2, 0.25) is 10.0 Å². The van der Waals surface area contributed by atoms with Crippen molar-refractivity contribution in [2.45, 2.75) is 38.3 Å². The van der Waals surface area contributed by atoms with Gasteiger partial charge in [-0.15, -0.1) is 6.04 Å². The van der Waals surface area contributed by atoms with Gasteiger partial charge in [0.25, 0.3) is 5.56 Å². The molecule has 2 atom stereocenters. The number of methoxy groups -OCH3 is 1. The zero-order chi connectivity index (χ0) is 33.7. The van der Waals surface area contributed by atoms with E-state index >= 15 is 0 Å². The van der Waals surface area contributed by atoms with Gasteiger partial charge >= 0.3 is 5.69 Å². The van der Waals surface area contributed by atoms with Crippen LogP contribution in [0.15, 0.2) is 58.1 Å². The van der Waals surface area contributed by atoms with Crippen molar-refractivity contribution in [2.24, 2.45) is 14.1 Å². The summed E-state index contributed by atoms with van der Waals surface area (Å²) in [6.07, 6.45) is 4.98. The number of aryl methyl sites for hydroxylation is 3. The molecule has 13 heteroatoms. The van der Waals surface area contributed by atoms with E-state index in [1.165, 1.54) is 17.2 Å². The van der Waals surface area contributed by atoms with Gasteiger partial charge in [0.15, 0.2) is 0 Å². The summed E-state index contributed by atoms with van der Waals surface area (Å²) in [4.78, 5) is 35.4. The van der Waals surface area contributed by atoms with Crippen molar-refractivity contribution in [2.75, 3.05) is 25.6 Å². The van der Waals surface area contributed by atoms with E-state index in [0.717, 1.165) is 52.8 Å². The Morgan fingerprint density at radius 3 is 2.45 bits per heavy atom. The van der Waals surface area contributed by atoms with Crippen molar-refractivity contribution in [3.05, 3.63) is 103 Å². The number of benzene rings is 2. The summed E-state index contributed by atoms with van der Waals surface area (Å²) in [5.74, 6) is 0.897. The number of aromatic nitrogens is 4. The van der Waals surface area contributed by atoms with Gasteiger partial charge in [0.2, 0.25) is 5.88 Å². The molecule has 0 spiro atoms. The first kappa shape index (κ1) is 35.3. The molecule has 0 amide bonds. The standard InChI is InChI=1S/C36H35Cl2N6O4.Mo/c1-19-17-28-30(35(45)44(3)36(46)43(28)2)33(39-19)41-26-10-6-8-23(32(26)38)22-7-5-9-24(31(22)37)27-18-20-11-12-25(29(20)34(42-27)47-4)40-21-13-15-48-16-14-21;/h5-10,13,17-18,21,25,40H,11-12,14-16H2,1-4H3,(H,39,41);/q-1;/t21-,25-;/m0./s1. The number of pyridine rings is 2. The minimum absolute atomic E-state index is 0. The molecule has 1 fully saturated rings. The fraction of sp³-hybridized carbons (Fsp3) is 0.306. The number of hydrogen-bond acceptors (Lipinski definition) is 8. The predicted octanol–water partition coefficient (Wildman–Crippen LogP) is 6.30. The molecular weight excluding hydrogens is 747 g/mol.